The molecule has 1 aromatic heterocycles. The van der Waals surface area contributed by atoms with Crippen LogP contribution in [0, 0.1) is 5.92 Å². The van der Waals surface area contributed by atoms with E-state index < -0.39 is 28.0 Å². The van der Waals surface area contributed by atoms with Gasteiger partial charge in [0.15, 0.2) is 0 Å². The average Bonchev–Trinajstić information content (AvgIpc) is 3.35. The third kappa shape index (κ3) is 5.28. The monoisotopic (exact) mass is 543 g/mol. The van der Waals surface area contributed by atoms with Crippen LogP contribution in [0.15, 0.2) is 55.0 Å². The van der Waals surface area contributed by atoms with E-state index in [1.54, 1.807) is 30.3 Å². The van der Waals surface area contributed by atoms with E-state index in [1.165, 1.54) is 24.7 Å². The van der Waals surface area contributed by atoms with E-state index in [9.17, 15) is 9.59 Å². The Kier molecular flexibility index (Phi) is 6.88. The summed E-state index contributed by atoms with van der Waals surface area (Å²) in [5.41, 5.74) is 6.26. The molecule has 0 spiro atoms. The average molecular weight is 546 g/mol. The summed E-state index contributed by atoms with van der Waals surface area (Å²) in [6.07, 6.45) is 2.84. The summed E-state index contributed by atoms with van der Waals surface area (Å²) < 4.78 is -1.33. The quantitative estimate of drug-likeness (QED) is 0.272. The van der Waals surface area contributed by atoms with Crippen LogP contribution in [0.2, 0.25) is 15.1 Å². The number of hydrazine groups is 1. The van der Waals surface area contributed by atoms with Crippen LogP contribution in [-0.4, -0.2) is 26.1 Å². The van der Waals surface area contributed by atoms with E-state index in [-0.39, 0.29) is 10.6 Å². The Labute approximate surface area is 213 Å². The predicted octanol–water partition coefficient (Wildman–Crippen LogP) is 5.72. The molecule has 3 aromatic rings. The maximum atomic E-state index is 12.9. The Morgan fingerprint density at radius 2 is 1.70 bits per heavy atom. The topological polar surface area (TPSA) is 96.0 Å². The van der Waals surface area contributed by atoms with Crippen LogP contribution in [0.1, 0.15) is 21.8 Å². The van der Waals surface area contributed by atoms with E-state index >= 15 is 0 Å². The molecule has 33 heavy (non-hydrogen) atoms. The molecule has 1 heterocycles. The minimum atomic E-state index is -1.33. The molecule has 2 unspecified atom stereocenters. The van der Waals surface area contributed by atoms with Gasteiger partial charge in [-0.2, -0.15) is 0 Å². The number of carbonyl (C=O) groups is 2. The Balaban J connectivity index is 1.46. The zero-order valence-corrected chi connectivity index (χ0v) is 20.2. The summed E-state index contributed by atoms with van der Waals surface area (Å²) in [5.74, 6) is -1.81. The number of hydrogen-bond acceptors (Lipinski definition) is 5. The van der Waals surface area contributed by atoms with Gasteiger partial charge < -0.3 is 5.32 Å². The number of alkyl halides is 2. The maximum Gasteiger partial charge on any atom is 0.271 e. The highest BCUT2D eigenvalue weighted by molar-refractivity contribution is 6.53. The molecule has 1 fully saturated rings. The largest absolute Gasteiger partial charge is 0.326 e. The van der Waals surface area contributed by atoms with Crippen molar-refractivity contribution in [3.05, 3.63) is 81.2 Å². The van der Waals surface area contributed by atoms with Gasteiger partial charge in [-0.25, -0.2) is 9.97 Å². The van der Waals surface area contributed by atoms with Gasteiger partial charge in [0.1, 0.15) is 16.5 Å². The number of benzene rings is 2. The molecule has 0 aliphatic heterocycles. The Morgan fingerprint density at radius 1 is 0.970 bits per heavy atom. The Hall–Kier alpha value is -2.29. The van der Waals surface area contributed by atoms with Gasteiger partial charge in [-0.3, -0.25) is 20.4 Å². The third-order valence-corrected chi connectivity index (χ3v) is 6.65. The fraction of sp³-hybridized carbons (Fsp3) is 0.143. The second-order valence-electron chi connectivity index (χ2n) is 7.19. The first-order valence-electron chi connectivity index (χ1n) is 9.43. The van der Waals surface area contributed by atoms with Gasteiger partial charge in [0, 0.05) is 33.9 Å². The first-order chi connectivity index (χ1) is 15.7. The number of aromatic nitrogens is 2. The fourth-order valence-corrected chi connectivity index (χ4v) is 4.95. The van der Waals surface area contributed by atoms with Gasteiger partial charge in [-0.1, -0.05) is 34.8 Å². The van der Waals surface area contributed by atoms with E-state index in [1.807, 2.05) is 0 Å². The second kappa shape index (κ2) is 9.52. The van der Waals surface area contributed by atoms with Crippen molar-refractivity contribution in [2.24, 2.45) is 5.92 Å². The van der Waals surface area contributed by atoms with Gasteiger partial charge in [-0.15, -0.1) is 23.2 Å². The zero-order chi connectivity index (χ0) is 23.8. The van der Waals surface area contributed by atoms with Gasteiger partial charge >= 0.3 is 0 Å². The second-order valence-corrected chi connectivity index (χ2v) is 9.91. The van der Waals surface area contributed by atoms with Gasteiger partial charge in [0.2, 0.25) is 5.91 Å². The third-order valence-electron chi connectivity index (χ3n) is 4.94. The molecule has 170 valence electrons. The fourth-order valence-electron chi connectivity index (χ4n) is 3.37. The number of carbonyl (C=O) groups excluding carboxylic acids is 2. The highest BCUT2D eigenvalue weighted by atomic mass is 35.5. The first-order valence-corrected chi connectivity index (χ1v) is 11.3. The number of rotatable bonds is 6. The van der Waals surface area contributed by atoms with E-state index in [0.717, 1.165) is 0 Å². The Morgan fingerprint density at radius 3 is 2.36 bits per heavy atom. The summed E-state index contributed by atoms with van der Waals surface area (Å²) in [6.45, 7) is 0. The van der Waals surface area contributed by atoms with Crippen LogP contribution >= 0.6 is 58.0 Å². The summed E-state index contributed by atoms with van der Waals surface area (Å²) in [7, 11) is 0. The molecule has 0 bridgehead atoms. The molecule has 1 saturated carbocycles. The van der Waals surface area contributed by atoms with Gasteiger partial charge in [-0.05, 0) is 42.0 Å². The number of amides is 2. The summed E-state index contributed by atoms with van der Waals surface area (Å²) >= 11 is 31.1. The summed E-state index contributed by atoms with van der Waals surface area (Å²) in [5, 5.41) is 3.75. The lowest BCUT2D eigenvalue weighted by Gasteiger charge is -2.11. The van der Waals surface area contributed by atoms with Crippen LogP contribution in [0.5, 0.6) is 0 Å². The van der Waals surface area contributed by atoms with Crippen molar-refractivity contribution in [2.45, 2.75) is 10.3 Å². The number of anilines is 2. The van der Waals surface area contributed by atoms with Crippen molar-refractivity contribution >= 4 is 81.3 Å². The molecule has 2 atom stereocenters. The van der Waals surface area contributed by atoms with Crippen LogP contribution in [-0.2, 0) is 4.79 Å². The zero-order valence-electron chi connectivity index (χ0n) is 16.5. The molecule has 2 amide bonds. The minimum Gasteiger partial charge on any atom is -0.326 e. The molecule has 0 saturated heterocycles. The Bertz CT molecular complexity index is 1200. The van der Waals surface area contributed by atoms with E-state index in [2.05, 4.69) is 26.1 Å². The van der Waals surface area contributed by atoms with Gasteiger partial charge in [0.25, 0.3) is 5.91 Å². The molecule has 1 aliphatic carbocycles. The number of halogens is 5. The molecular weight excluding hydrogens is 532 g/mol. The van der Waals surface area contributed by atoms with Crippen molar-refractivity contribution in [1.82, 2.24) is 15.4 Å². The first kappa shape index (κ1) is 23.9. The van der Waals surface area contributed by atoms with Gasteiger partial charge in [0.05, 0.1) is 16.5 Å². The van der Waals surface area contributed by atoms with Crippen molar-refractivity contribution in [3.63, 3.8) is 0 Å². The lowest BCUT2D eigenvalue weighted by molar-refractivity contribution is -0.117. The van der Waals surface area contributed by atoms with Crippen LogP contribution in [0.25, 0.3) is 0 Å². The van der Waals surface area contributed by atoms with Crippen LogP contribution in [0.3, 0.4) is 0 Å². The number of nitrogens with one attached hydrogen (secondary N) is 3. The number of hydrogen-bond donors (Lipinski definition) is 3. The van der Waals surface area contributed by atoms with Crippen molar-refractivity contribution in [2.75, 3.05) is 10.7 Å². The SMILES string of the molecule is O=C(NNc1ccncn1)c1cc(NC(=O)C2C(c3cc(Cl)cc(Cl)c3)C2(Cl)Cl)ccc1Cl. The van der Waals surface area contributed by atoms with Crippen molar-refractivity contribution in [3.8, 4) is 0 Å². The standard InChI is InChI=1S/C21H14Cl5N5O2/c22-11-5-10(6-12(23)7-11)17-18(21(17,25)26)20(33)29-13-1-2-15(24)14(8-13)19(32)31-30-16-3-4-27-9-28-16/h1-9,17-18H,(H,29,33)(H,31,32)(H,27,28,30). The lowest BCUT2D eigenvalue weighted by Crippen LogP contribution is -2.30. The minimum absolute atomic E-state index is 0.132. The van der Waals surface area contributed by atoms with Crippen molar-refractivity contribution in [1.29, 1.82) is 0 Å². The molecule has 0 radical (unpaired) electrons. The smallest absolute Gasteiger partial charge is 0.271 e. The highest BCUT2D eigenvalue weighted by Gasteiger charge is 2.67. The molecule has 3 N–H and O–H groups in total. The van der Waals surface area contributed by atoms with Crippen molar-refractivity contribution < 1.29 is 9.59 Å². The molecule has 4 rings (SSSR count). The van der Waals surface area contributed by atoms with Crippen LogP contribution < -0.4 is 16.2 Å². The molecule has 1 aliphatic rings. The van der Waals surface area contributed by atoms with Crippen LogP contribution in [0.4, 0.5) is 11.5 Å². The molecule has 7 nitrogen and oxygen atoms in total. The summed E-state index contributed by atoms with van der Waals surface area (Å²) in [4.78, 5) is 33.2. The highest BCUT2D eigenvalue weighted by Crippen LogP contribution is 2.65. The van der Waals surface area contributed by atoms with E-state index in [4.69, 9.17) is 58.0 Å². The lowest BCUT2D eigenvalue weighted by atomic mass is 10.1. The van der Waals surface area contributed by atoms with E-state index in [0.29, 0.717) is 27.1 Å². The molecule has 12 heteroatoms. The number of nitrogens with zero attached hydrogens (tertiary/aromatic N) is 2. The summed E-state index contributed by atoms with van der Waals surface area (Å²) in [6, 6.07) is 11.0. The molecular formula is C21H14Cl5N5O2. The molecule has 2 aromatic carbocycles. The predicted molar refractivity (Wildman–Crippen MR) is 130 cm³/mol. The normalized spacial score (nSPS) is 18.3. The maximum absolute atomic E-state index is 12.9.